The second-order valence-electron chi connectivity index (χ2n) is 4.21. The van der Waals surface area contributed by atoms with Gasteiger partial charge in [-0.15, -0.1) is 0 Å². The molecule has 7 nitrogen and oxygen atoms in total. The number of nitrogens with one attached hydrogen (secondary N) is 1. The fourth-order valence-corrected chi connectivity index (χ4v) is 2.01. The fraction of sp³-hybridized carbons (Fsp3) is 0.231. The van der Waals surface area contributed by atoms with E-state index in [-0.39, 0.29) is 11.4 Å². The molecule has 0 bridgehead atoms. The van der Waals surface area contributed by atoms with E-state index in [2.05, 4.69) is 10.4 Å². The van der Waals surface area contributed by atoms with Crippen molar-refractivity contribution in [3.63, 3.8) is 0 Å². The maximum absolute atomic E-state index is 12.2. The predicted octanol–water partition coefficient (Wildman–Crippen LogP) is 1.93. The molecule has 0 aliphatic carbocycles. The first-order chi connectivity index (χ1) is 9.97. The molecule has 0 unspecified atom stereocenters. The summed E-state index contributed by atoms with van der Waals surface area (Å²) in [6.07, 6.45) is 1.39. The number of aromatic nitrogens is 2. The molecule has 0 aliphatic rings. The van der Waals surface area contributed by atoms with Gasteiger partial charge in [0.1, 0.15) is 22.9 Å². The van der Waals surface area contributed by atoms with Crippen molar-refractivity contribution in [2.45, 2.75) is 0 Å². The SMILES string of the molecule is COc1cc(OC)c(NC(=O)c2cnn(C)c2N)cc1Cl. The van der Waals surface area contributed by atoms with Gasteiger partial charge >= 0.3 is 0 Å². The smallest absolute Gasteiger partial charge is 0.261 e. The Morgan fingerprint density at radius 1 is 1.33 bits per heavy atom. The second-order valence-corrected chi connectivity index (χ2v) is 4.62. The normalized spacial score (nSPS) is 10.3. The molecule has 0 saturated carbocycles. The summed E-state index contributed by atoms with van der Waals surface area (Å²) in [7, 11) is 4.63. The molecule has 0 spiro atoms. The standard InChI is InChI=1S/C13H15ClN4O3/c1-18-12(15)7(6-16-18)13(19)17-9-4-8(14)10(20-2)5-11(9)21-3/h4-6H,15H2,1-3H3,(H,17,19). The van der Waals surface area contributed by atoms with Crippen LogP contribution in [0.4, 0.5) is 11.5 Å². The molecule has 2 aromatic rings. The highest BCUT2D eigenvalue weighted by atomic mass is 35.5. The number of hydrogen-bond acceptors (Lipinski definition) is 5. The van der Waals surface area contributed by atoms with Crippen molar-refractivity contribution in [2.75, 3.05) is 25.3 Å². The summed E-state index contributed by atoms with van der Waals surface area (Å²) < 4.78 is 11.7. The molecular weight excluding hydrogens is 296 g/mol. The lowest BCUT2D eigenvalue weighted by molar-refractivity contribution is 0.102. The van der Waals surface area contributed by atoms with Crippen molar-refractivity contribution in [3.8, 4) is 11.5 Å². The number of nitrogens with zero attached hydrogens (tertiary/aromatic N) is 2. The molecule has 1 aromatic heterocycles. The molecule has 0 fully saturated rings. The summed E-state index contributed by atoms with van der Waals surface area (Å²) in [4.78, 5) is 12.2. The average Bonchev–Trinajstić information content (AvgIpc) is 2.79. The highest BCUT2D eigenvalue weighted by Gasteiger charge is 2.17. The Morgan fingerprint density at radius 3 is 2.52 bits per heavy atom. The van der Waals surface area contributed by atoms with Gasteiger partial charge in [0.2, 0.25) is 0 Å². The first kappa shape index (κ1) is 15.0. The number of halogens is 1. The molecule has 0 atom stereocenters. The van der Waals surface area contributed by atoms with Gasteiger partial charge in [-0.25, -0.2) is 0 Å². The minimum Gasteiger partial charge on any atom is -0.495 e. The van der Waals surface area contributed by atoms with Crippen molar-refractivity contribution in [3.05, 3.63) is 28.9 Å². The van der Waals surface area contributed by atoms with Crippen LogP contribution in [0, 0.1) is 0 Å². The van der Waals surface area contributed by atoms with Crippen LogP contribution in [0.5, 0.6) is 11.5 Å². The minimum absolute atomic E-state index is 0.270. The Balaban J connectivity index is 2.33. The number of carbonyl (C=O) groups is 1. The van der Waals surface area contributed by atoms with E-state index in [1.807, 2.05) is 0 Å². The van der Waals surface area contributed by atoms with E-state index in [0.29, 0.717) is 22.2 Å². The zero-order valence-corrected chi connectivity index (χ0v) is 12.6. The van der Waals surface area contributed by atoms with Crippen LogP contribution >= 0.6 is 11.6 Å². The van der Waals surface area contributed by atoms with E-state index in [9.17, 15) is 4.79 Å². The number of anilines is 2. The molecule has 112 valence electrons. The lowest BCUT2D eigenvalue weighted by Crippen LogP contribution is -2.14. The molecule has 1 aromatic carbocycles. The number of nitrogen functional groups attached to an aromatic ring is 1. The Hall–Kier alpha value is -2.41. The van der Waals surface area contributed by atoms with Crippen LogP contribution in [-0.4, -0.2) is 29.9 Å². The predicted molar refractivity (Wildman–Crippen MR) is 80.1 cm³/mol. The molecule has 1 heterocycles. The van der Waals surface area contributed by atoms with Crippen LogP contribution in [0.25, 0.3) is 0 Å². The lowest BCUT2D eigenvalue weighted by atomic mass is 10.2. The van der Waals surface area contributed by atoms with E-state index < -0.39 is 5.91 Å². The maximum atomic E-state index is 12.2. The van der Waals surface area contributed by atoms with Crippen LogP contribution in [0.1, 0.15) is 10.4 Å². The van der Waals surface area contributed by atoms with Crippen LogP contribution < -0.4 is 20.5 Å². The highest BCUT2D eigenvalue weighted by molar-refractivity contribution is 6.32. The maximum Gasteiger partial charge on any atom is 0.261 e. The Labute approximate surface area is 126 Å². The number of benzene rings is 1. The number of amides is 1. The van der Waals surface area contributed by atoms with Crippen molar-refractivity contribution in [1.82, 2.24) is 9.78 Å². The Morgan fingerprint density at radius 2 is 2.00 bits per heavy atom. The third kappa shape index (κ3) is 2.87. The topological polar surface area (TPSA) is 91.4 Å². The summed E-state index contributed by atoms with van der Waals surface area (Å²) in [6, 6.07) is 3.13. The molecule has 2 rings (SSSR count). The van der Waals surface area contributed by atoms with Crippen LogP contribution in [0.15, 0.2) is 18.3 Å². The third-order valence-electron chi connectivity index (χ3n) is 2.95. The van der Waals surface area contributed by atoms with Gasteiger partial charge in [-0.2, -0.15) is 5.10 Å². The van der Waals surface area contributed by atoms with Crippen LogP contribution in [0.2, 0.25) is 5.02 Å². The minimum atomic E-state index is -0.403. The van der Waals surface area contributed by atoms with Crippen molar-refractivity contribution in [1.29, 1.82) is 0 Å². The molecule has 0 saturated heterocycles. The first-order valence-electron chi connectivity index (χ1n) is 5.98. The van der Waals surface area contributed by atoms with E-state index in [0.717, 1.165) is 0 Å². The van der Waals surface area contributed by atoms with Crippen molar-refractivity contribution < 1.29 is 14.3 Å². The van der Waals surface area contributed by atoms with Gasteiger partial charge in [-0.1, -0.05) is 11.6 Å². The molecule has 0 aliphatic heterocycles. The molecule has 21 heavy (non-hydrogen) atoms. The number of methoxy groups -OCH3 is 2. The van der Waals surface area contributed by atoms with E-state index in [4.69, 9.17) is 26.8 Å². The van der Waals surface area contributed by atoms with Gasteiger partial charge in [-0.05, 0) is 6.07 Å². The third-order valence-corrected chi connectivity index (χ3v) is 3.25. The summed E-state index contributed by atoms with van der Waals surface area (Å²) in [6.45, 7) is 0. The zero-order valence-electron chi connectivity index (χ0n) is 11.8. The largest absolute Gasteiger partial charge is 0.495 e. The summed E-state index contributed by atoms with van der Waals surface area (Å²) in [5, 5.41) is 6.96. The number of nitrogens with two attached hydrogens (primary N) is 1. The number of rotatable bonds is 4. The number of carbonyl (C=O) groups excluding carboxylic acids is 1. The highest BCUT2D eigenvalue weighted by Crippen LogP contribution is 2.36. The Kier molecular flexibility index (Phi) is 4.23. The van der Waals surface area contributed by atoms with Gasteiger partial charge in [-0.3, -0.25) is 9.48 Å². The van der Waals surface area contributed by atoms with Gasteiger partial charge < -0.3 is 20.5 Å². The quantitative estimate of drug-likeness (QED) is 0.900. The number of hydrogen-bond donors (Lipinski definition) is 2. The average molecular weight is 311 g/mol. The second kappa shape index (κ2) is 5.92. The summed E-state index contributed by atoms with van der Waals surface area (Å²) in [5.41, 5.74) is 6.45. The lowest BCUT2D eigenvalue weighted by Gasteiger charge is -2.12. The fourth-order valence-electron chi connectivity index (χ4n) is 1.77. The van der Waals surface area contributed by atoms with E-state index in [1.165, 1.54) is 25.1 Å². The van der Waals surface area contributed by atoms with Crippen LogP contribution in [-0.2, 0) is 7.05 Å². The molecule has 1 amide bonds. The molecular formula is C13H15ClN4O3. The number of aryl methyl sites for hydroxylation is 1. The monoisotopic (exact) mass is 310 g/mol. The van der Waals surface area contributed by atoms with Gasteiger partial charge in [0, 0.05) is 13.1 Å². The van der Waals surface area contributed by atoms with Gasteiger partial charge in [0.05, 0.1) is 31.1 Å². The van der Waals surface area contributed by atoms with Crippen molar-refractivity contribution in [2.24, 2.45) is 7.05 Å². The Bertz CT molecular complexity index is 684. The number of ether oxygens (including phenoxy) is 2. The molecule has 0 radical (unpaired) electrons. The van der Waals surface area contributed by atoms with E-state index in [1.54, 1.807) is 19.2 Å². The molecule has 3 N–H and O–H groups in total. The summed E-state index contributed by atoms with van der Waals surface area (Å²) in [5.74, 6) is 0.741. The molecule has 8 heteroatoms. The van der Waals surface area contributed by atoms with Crippen LogP contribution in [0.3, 0.4) is 0 Å². The van der Waals surface area contributed by atoms with E-state index >= 15 is 0 Å². The zero-order chi connectivity index (χ0) is 15.6. The summed E-state index contributed by atoms with van der Waals surface area (Å²) >= 11 is 6.05. The first-order valence-corrected chi connectivity index (χ1v) is 6.36. The van der Waals surface area contributed by atoms with Gasteiger partial charge in [0.25, 0.3) is 5.91 Å². The van der Waals surface area contributed by atoms with Crippen molar-refractivity contribution >= 4 is 29.0 Å². The van der Waals surface area contributed by atoms with Gasteiger partial charge in [0.15, 0.2) is 0 Å².